The van der Waals surface area contributed by atoms with Gasteiger partial charge in [-0.15, -0.1) is 0 Å². The maximum atomic E-state index is 12.1. The van der Waals surface area contributed by atoms with Crippen molar-refractivity contribution < 1.29 is 18.3 Å². The number of hydrogen-bond donors (Lipinski definition) is 0. The molecule has 0 saturated carbocycles. The highest BCUT2D eigenvalue weighted by Crippen LogP contribution is 2.33. The second kappa shape index (κ2) is 4.70. The van der Waals surface area contributed by atoms with E-state index in [-0.39, 0.29) is 17.1 Å². The molecular weight excluding hydrogens is 270 g/mol. The number of aryl methyl sites for hydroxylation is 1. The average Bonchev–Trinajstić information content (AvgIpc) is 2.12. The topological polar surface area (TPSA) is 26.3 Å². The van der Waals surface area contributed by atoms with Crippen LogP contribution in [0.5, 0.6) is 5.75 Å². The van der Waals surface area contributed by atoms with E-state index >= 15 is 0 Å². The van der Waals surface area contributed by atoms with Crippen molar-refractivity contribution in [1.82, 2.24) is 0 Å². The van der Waals surface area contributed by atoms with Crippen LogP contribution in [0.2, 0.25) is 0 Å². The Labute approximate surface area is 94.4 Å². The number of alkyl halides is 2. The van der Waals surface area contributed by atoms with Crippen LogP contribution in [-0.4, -0.2) is 12.4 Å². The molecule has 0 aromatic heterocycles. The van der Waals surface area contributed by atoms with E-state index in [1.54, 1.807) is 13.0 Å². The number of benzene rings is 1. The maximum Gasteiger partial charge on any atom is 0.387 e. The minimum absolute atomic E-state index is 0.0995. The Morgan fingerprint density at radius 2 is 2.07 bits per heavy atom. The van der Waals surface area contributed by atoms with Crippen molar-refractivity contribution in [2.45, 2.75) is 20.5 Å². The molecule has 0 atom stereocenters. The van der Waals surface area contributed by atoms with Gasteiger partial charge in [0.2, 0.25) is 0 Å². The SMILES string of the molecule is CC(=O)c1ccc(C)c(Br)c1OC(F)F. The lowest BCUT2D eigenvalue weighted by Gasteiger charge is -2.12. The summed E-state index contributed by atoms with van der Waals surface area (Å²) in [4.78, 5) is 11.2. The van der Waals surface area contributed by atoms with Gasteiger partial charge >= 0.3 is 6.61 Å². The predicted octanol–water partition coefficient (Wildman–Crippen LogP) is 3.56. The molecule has 0 aliphatic rings. The summed E-state index contributed by atoms with van der Waals surface area (Å²) in [6, 6.07) is 3.14. The van der Waals surface area contributed by atoms with Crippen LogP contribution in [0.15, 0.2) is 16.6 Å². The van der Waals surface area contributed by atoms with Gasteiger partial charge in [0, 0.05) is 0 Å². The zero-order chi connectivity index (χ0) is 11.6. The van der Waals surface area contributed by atoms with Crippen LogP contribution in [0.1, 0.15) is 22.8 Å². The molecule has 0 aliphatic heterocycles. The Hall–Kier alpha value is -0.970. The highest BCUT2D eigenvalue weighted by atomic mass is 79.9. The Bertz CT molecular complexity index is 391. The molecule has 0 bridgehead atoms. The summed E-state index contributed by atoms with van der Waals surface area (Å²) in [6.45, 7) is 0.0862. The third-order valence-electron chi connectivity index (χ3n) is 1.88. The van der Waals surface area contributed by atoms with Crippen molar-refractivity contribution in [3.8, 4) is 5.75 Å². The molecule has 0 saturated heterocycles. The number of ketones is 1. The number of carbonyl (C=O) groups is 1. The molecule has 82 valence electrons. The summed E-state index contributed by atoms with van der Waals surface area (Å²) in [5.41, 5.74) is 0.878. The van der Waals surface area contributed by atoms with Gasteiger partial charge in [0.1, 0.15) is 0 Å². The molecule has 0 N–H and O–H groups in total. The third-order valence-corrected chi connectivity index (χ3v) is 2.86. The summed E-state index contributed by atoms with van der Waals surface area (Å²) in [7, 11) is 0. The normalized spacial score (nSPS) is 10.5. The first-order valence-corrected chi connectivity index (χ1v) is 4.97. The number of hydrogen-bond acceptors (Lipinski definition) is 2. The Balaban J connectivity index is 3.28. The van der Waals surface area contributed by atoms with Crippen LogP contribution >= 0.6 is 15.9 Å². The largest absolute Gasteiger partial charge is 0.433 e. The molecule has 0 heterocycles. The van der Waals surface area contributed by atoms with Crippen molar-refractivity contribution in [3.63, 3.8) is 0 Å². The number of carbonyl (C=O) groups excluding carboxylic acids is 1. The standard InChI is InChI=1S/C10H9BrF2O2/c1-5-3-4-7(6(2)14)9(8(5)11)15-10(12)13/h3-4,10H,1-2H3. The first kappa shape index (κ1) is 12.1. The first-order valence-electron chi connectivity index (χ1n) is 4.18. The number of halogens is 3. The summed E-state index contributed by atoms with van der Waals surface area (Å²) in [6.07, 6.45) is 0. The number of ether oxygens (including phenoxy) is 1. The first-order chi connectivity index (χ1) is 6.93. The fourth-order valence-electron chi connectivity index (χ4n) is 1.14. The number of Topliss-reactive ketones (excluding diaryl/α,β-unsaturated/α-hetero) is 1. The van der Waals surface area contributed by atoms with E-state index in [9.17, 15) is 13.6 Å². The van der Waals surface area contributed by atoms with Crippen LogP contribution in [0, 0.1) is 6.92 Å². The molecule has 0 aliphatic carbocycles. The minimum atomic E-state index is -2.94. The lowest BCUT2D eigenvalue weighted by molar-refractivity contribution is -0.0506. The van der Waals surface area contributed by atoms with Gasteiger partial charge in [-0.1, -0.05) is 6.07 Å². The van der Waals surface area contributed by atoms with Gasteiger partial charge in [-0.05, 0) is 41.4 Å². The quantitative estimate of drug-likeness (QED) is 0.791. The molecule has 0 fully saturated rings. The summed E-state index contributed by atoms with van der Waals surface area (Å²) in [5, 5.41) is 0. The lowest BCUT2D eigenvalue weighted by Crippen LogP contribution is -2.07. The predicted molar refractivity (Wildman–Crippen MR) is 55.5 cm³/mol. The van der Waals surface area contributed by atoms with Crippen LogP contribution < -0.4 is 4.74 Å². The van der Waals surface area contributed by atoms with Crippen LogP contribution in [0.3, 0.4) is 0 Å². The van der Waals surface area contributed by atoms with Gasteiger partial charge in [-0.2, -0.15) is 8.78 Å². The fraction of sp³-hybridized carbons (Fsp3) is 0.300. The third kappa shape index (κ3) is 2.75. The second-order valence-corrected chi connectivity index (χ2v) is 3.80. The Morgan fingerprint density at radius 1 is 1.47 bits per heavy atom. The minimum Gasteiger partial charge on any atom is -0.433 e. The molecule has 5 heteroatoms. The van der Waals surface area contributed by atoms with E-state index in [4.69, 9.17) is 0 Å². The van der Waals surface area contributed by atoms with Crippen molar-refractivity contribution in [2.75, 3.05) is 0 Å². The highest BCUT2D eigenvalue weighted by Gasteiger charge is 2.17. The molecule has 0 amide bonds. The smallest absolute Gasteiger partial charge is 0.387 e. The number of rotatable bonds is 3. The molecule has 0 spiro atoms. The summed E-state index contributed by atoms with van der Waals surface area (Å²) in [5.74, 6) is -0.413. The lowest BCUT2D eigenvalue weighted by atomic mass is 10.1. The van der Waals surface area contributed by atoms with E-state index in [2.05, 4.69) is 20.7 Å². The van der Waals surface area contributed by atoms with E-state index in [1.807, 2.05) is 0 Å². The van der Waals surface area contributed by atoms with Crippen molar-refractivity contribution in [1.29, 1.82) is 0 Å². The zero-order valence-corrected chi connectivity index (χ0v) is 9.77. The molecule has 2 nitrogen and oxygen atoms in total. The molecule has 1 aromatic carbocycles. The summed E-state index contributed by atoms with van der Waals surface area (Å²) >= 11 is 3.12. The molecule has 0 unspecified atom stereocenters. The highest BCUT2D eigenvalue weighted by molar-refractivity contribution is 9.10. The van der Waals surface area contributed by atoms with E-state index in [1.165, 1.54) is 13.0 Å². The van der Waals surface area contributed by atoms with Crippen molar-refractivity contribution >= 4 is 21.7 Å². The van der Waals surface area contributed by atoms with Gasteiger partial charge in [0.15, 0.2) is 11.5 Å². The average molecular weight is 279 g/mol. The summed E-state index contributed by atoms with van der Waals surface area (Å²) < 4.78 is 28.9. The molecule has 0 radical (unpaired) electrons. The molecule has 1 rings (SSSR count). The van der Waals surface area contributed by atoms with Crippen LogP contribution in [0.4, 0.5) is 8.78 Å². The monoisotopic (exact) mass is 278 g/mol. The van der Waals surface area contributed by atoms with Gasteiger partial charge in [-0.3, -0.25) is 4.79 Å². The molecular formula is C10H9BrF2O2. The van der Waals surface area contributed by atoms with E-state index in [0.717, 1.165) is 5.56 Å². The second-order valence-electron chi connectivity index (χ2n) is 3.01. The zero-order valence-electron chi connectivity index (χ0n) is 8.18. The van der Waals surface area contributed by atoms with Gasteiger partial charge < -0.3 is 4.74 Å². The van der Waals surface area contributed by atoms with Crippen molar-refractivity contribution in [2.24, 2.45) is 0 Å². The van der Waals surface area contributed by atoms with Crippen LogP contribution in [0.25, 0.3) is 0 Å². The Kier molecular flexibility index (Phi) is 3.79. The molecule has 15 heavy (non-hydrogen) atoms. The van der Waals surface area contributed by atoms with Crippen LogP contribution in [-0.2, 0) is 0 Å². The van der Waals surface area contributed by atoms with Crippen molar-refractivity contribution in [3.05, 3.63) is 27.7 Å². The van der Waals surface area contributed by atoms with Gasteiger partial charge in [-0.25, -0.2) is 0 Å². The Morgan fingerprint density at radius 3 is 2.53 bits per heavy atom. The maximum absolute atomic E-state index is 12.1. The van der Waals surface area contributed by atoms with E-state index < -0.39 is 6.61 Å². The van der Waals surface area contributed by atoms with Gasteiger partial charge in [0.05, 0.1) is 10.0 Å². The molecule has 1 aromatic rings. The van der Waals surface area contributed by atoms with E-state index in [0.29, 0.717) is 4.47 Å². The van der Waals surface area contributed by atoms with Gasteiger partial charge in [0.25, 0.3) is 0 Å². The fourth-order valence-corrected chi connectivity index (χ4v) is 1.58.